The zero-order chi connectivity index (χ0) is 31.7. The van der Waals surface area contributed by atoms with E-state index < -0.39 is 0 Å². The van der Waals surface area contributed by atoms with Crippen molar-refractivity contribution in [1.82, 2.24) is 24.6 Å². The Balaban J connectivity index is 1.29. The number of nitrogens with one attached hydrogen (secondary N) is 2. The highest BCUT2D eigenvalue weighted by Crippen LogP contribution is 2.36. The lowest BCUT2D eigenvalue weighted by molar-refractivity contribution is 0.102. The molecule has 1 aliphatic heterocycles. The molecule has 0 spiro atoms. The van der Waals surface area contributed by atoms with Crippen molar-refractivity contribution in [2.45, 2.75) is 58.4 Å². The van der Waals surface area contributed by atoms with Gasteiger partial charge >= 0.3 is 0 Å². The molecule has 2 aliphatic rings. The maximum absolute atomic E-state index is 13.8. The zero-order valence-electron chi connectivity index (χ0n) is 27.3. The molecule has 2 N–H and O–H groups in total. The summed E-state index contributed by atoms with van der Waals surface area (Å²) in [7, 11) is 7.85. The molecule has 0 bridgehead atoms. The highest BCUT2D eigenvalue weighted by Gasteiger charge is 2.29. The van der Waals surface area contributed by atoms with Crippen LogP contribution in [0.15, 0.2) is 42.6 Å². The Kier molecular flexibility index (Phi) is 8.76. The maximum atomic E-state index is 13.8. The summed E-state index contributed by atoms with van der Waals surface area (Å²) in [5.41, 5.74) is 9.19. The van der Waals surface area contributed by atoms with Crippen LogP contribution in [-0.2, 0) is 32.7 Å². The molecule has 1 amide bonds. The summed E-state index contributed by atoms with van der Waals surface area (Å²) >= 11 is 0. The van der Waals surface area contributed by atoms with Gasteiger partial charge in [-0.2, -0.15) is 5.10 Å². The minimum absolute atomic E-state index is 0.182. The Morgan fingerprint density at radius 3 is 2.58 bits per heavy atom. The third-order valence-corrected chi connectivity index (χ3v) is 9.25. The number of aromatic nitrogens is 4. The number of hydrogen-bond donors (Lipinski definition) is 2. The Morgan fingerprint density at radius 1 is 1.11 bits per heavy atom. The number of amides is 1. The topological polar surface area (TPSA) is 100 Å². The number of para-hydroxylation sites is 1. The minimum Gasteiger partial charge on any atom is -0.494 e. The van der Waals surface area contributed by atoms with E-state index in [1.165, 1.54) is 0 Å². The number of carbonyl (C=O) groups is 1. The van der Waals surface area contributed by atoms with E-state index in [1.54, 1.807) is 11.8 Å². The highest BCUT2D eigenvalue weighted by atomic mass is 16.5. The average molecular weight is 609 g/mol. The molecule has 1 atom stereocenters. The number of benzene rings is 2. The number of ether oxygens (including phenoxy) is 1. The fourth-order valence-electron chi connectivity index (χ4n) is 6.67. The Bertz CT molecular complexity index is 1690. The first-order chi connectivity index (χ1) is 21.8. The van der Waals surface area contributed by atoms with E-state index >= 15 is 0 Å². The van der Waals surface area contributed by atoms with E-state index in [9.17, 15) is 4.79 Å². The lowest BCUT2D eigenvalue weighted by atomic mass is 10.0. The van der Waals surface area contributed by atoms with Crippen LogP contribution < -0.4 is 20.3 Å². The number of aryl methyl sites for hydroxylation is 4. The molecule has 236 valence electrons. The van der Waals surface area contributed by atoms with Crippen molar-refractivity contribution in [3.63, 3.8) is 0 Å². The van der Waals surface area contributed by atoms with E-state index in [4.69, 9.17) is 14.8 Å². The van der Waals surface area contributed by atoms with Crippen molar-refractivity contribution in [3.8, 4) is 17.1 Å². The zero-order valence-corrected chi connectivity index (χ0v) is 27.3. The molecule has 0 saturated carbocycles. The van der Waals surface area contributed by atoms with Gasteiger partial charge in [0.2, 0.25) is 5.95 Å². The fourth-order valence-corrected chi connectivity index (χ4v) is 6.67. The van der Waals surface area contributed by atoms with Crippen LogP contribution in [0.3, 0.4) is 0 Å². The van der Waals surface area contributed by atoms with Gasteiger partial charge in [0, 0.05) is 55.4 Å². The van der Waals surface area contributed by atoms with Crippen LogP contribution in [0.25, 0.3) is 11.4 Å². The van der Waals surface area contributed by atoms with E-state index in [1.807, 2.05) is 19.3 Å². The number of methoxy groups -OCH3 is 1. The van der Waals surface area contributed by atoms with Gasteiger partial charge in [-0.15, -0.1) is 0 Å². The second kappa shape index (κ2) is 12.9. The van der Waals surface area contributed by atoms with Crippen molar-refractivity contribution in [3.05, 3.63) is 70.5 Å². The first-order valence-electron chi connectivity index (χ1n) is 16.0. The summed E-state index contributed by atoms with van der Waals surface area (Å²) in [4.78, 5) is 28.1. The second-order valence-corrected chi connectivity index (χ2v) is 12.2. The molecule has 4 aromatic rings. The standard InChI is InChI=1S/C35H44N8O2/c1-7-22-11-9-12-23(8-2)30(22)38-34(44)32-27-14-10-13-24-20-36-35(39-31(24)33(27)42(5)40-32)37-28-16-15-25(19-29(28)45-6)43-18-17-26(21-43)41(3)4/h9,11-12,15-16,19-20,26H,7-8,10,13-14,17-18,21H2,1-6H3,(H,38,44)(H,36,37,39)/t26-/m1/s1. The normalized spacial score (nSPS) is 15.9. The first-order valence-corrected chi connectivity index (χ1v) is 16.0. The number of nitrogens with zero attached hydrogens (tertiary/aromatic N) is 6. The molecule has 1 saturated heterocycles. The Labute approximate surface area is 265 Å². The molecule has 2 aromatic carbocycles. The van der Waals surface area contributed by atoms with Gasteiger partial charge in [-0.05, 0) is 81.4 Å². The van der Waals surface area contributed by atoms with Crippen LogP contribution in [0.1, 0.15) is 59.4 Å². The third kappa shape index (κ3) is 5.99. The number of carbonyl (C=O) groups excluding carboxylic acids is 1. The van der Waals surface area contributed by atoms with Gasteiger partial charge in [0.25, 0.3) is 5.91 Å². The van der Waals surface area contributed by atoms with E-state index in [0.29, 0.717) is 17.7 Å². The van der Waals surface area contributed by atoms with Gasteiger partial charge in [-0.3, -0.25) is 9.48 Å². The van der Waals surface area contributed by atoms with Crippen LogP contribution in [0.5, 0.6) is 5.75 Å². The SMILES string of the molecule is CCc1cccc(CC)c1NC(=O)c1nn(C)c2c1CCCc1cnc(Nc3ccc(N4CC[C@@H](N(C)C)C4)cc3OC)nc1-2. The van der Waals surface area contributed by atoms with Crippen LogP contribution in [-0.4, -0.2) is 70.9 Å². The molecule has 6 rings (SSSR count). The van der Waals surface area contributed by atoms with Crippen LogP contribution in [0, 0.1) is 0 Å². The Hall–Kier alpha value is -4.44. The summed E-state index contributed by atoms with van der Waals surface area (Å²) in [6.45, 7) is 6.23. The van der Waals surface area contributed by atoms with Crippen LogP contribution in [0.4, 0.5) is 23.0 Å². The molecule has 0 radical (unpaired) electrons. The predicted molar refractivity (Wildman–Crippen MR) is 180 cm³/mol. The summed E-state index contributed by atoms with van der Waals surface area (Å²) in [5.74, 6) is 1.02. The number of rotatable bonds is 9. The smallest absolute Gasteiger partial charge is 0.276 e. The van der Waals surface area contributed by atoms with Gasteiger partial charge in [0.1, 0.15) is 5.75 Å². The quantitative estimate of drug-likeness (QED) is 0.252. The van der Waals surface area contributed by atoms with Crippen LogP contribution >= 0.6 is 0 Å². The molecule has 3 heterocycles. The minimum atomic E-state index is -0.182. The Morgan fingerprint density at radius 2 is 1.89 bits per heavy atom. The summed E-state index contributed by atoms with van der Waals surface area (Å²) in [5, 5.41) is 11.3. The van der Waals surface area contributed by atoms with Gasteiger partial charge in [0.05, 0.1) is 24.2 Å². The number of hydrogen-bond acceptors (Lipinski definition) is 8. The van der Waals surface area contributed by atoms with Crippen LogP contribution in [0.2, 0.25) is 0 Å². The maximum Gasteiger partial charge on any atom is 0.276 e. The molecule has 0 unspecified atom stereocenters. The van der Waals surface area contributed by atoms with E-state index in [0.717, 1.165) is 108 Å². The van der Waals surface area contributed by atoms with Crippen molar-refractivity contribution < 1.29 is 9.53 Å². The molecule has 10 nitrogen and oxygen atoms in total. The lowest BCUT2D eigenvalue weighted by Gasteiger charge is -2.23. The molecular weight excluding hydrogens is 564 g/mol. The number of fused-ring (bicyclic) bond motifs is 3. The molecule has 45 heavy (non-hydrogen) atoms. The van der Waals surface area contributed by atoms with Crippen molar-refractivity contribution in [2.75, 3.05) is 49.8 Å². The fraction of sp³-hybridized carbons (Fsp3) is 0.429. The van der Waals surface area contributed by atoms with Crippen molar-refractivity contribution in [2.24, 2.45) is 7.05 Å². The van der Waals surface area contributed by atoms with Gasteiger partial charge in [-0.25, -0.2) is 9.97 Å². The third-order valence-electron chi connectivity index (χ3n) is 9.25. The van der Waals surface area contributed by atoms with Gasteiger partial charge in [0.15, 0.2) is 5.69 Å². The second-order valence-electron chi connectivity index (χ2n) is 12.2. The number of anilines is 4. The van der Waals surface area contributed by atoms with Gasteiger partial charge in [-0.1, -0.05) is 32.0 Å². The highest BCUT2D eigenvalue weighted by molar-refractivity contribution is 6.05. The molecule has 1 aliphatic carbocycles. The molecule has 2 aromatic heterocycles. The predicted octanol–water partition coefficient (Wildman–Crippen LogP) is 5.64. The lowest BCUT2D eigenvalue weighted by Crippen LogP contribution is -2.31. The summed E-state index contributed by atoms with van der Waals surface area (Å²) in [6, 6.07) is 13.0. The van der Waals surface area contributed by atoms with Gasteiger partial charge < -0.3 is 25.2 Å². The largest absolute Gasteiger partial charge is 0.494 e. The first kappa shape index (κ1) is 30.6. The number of likely N-dealkylation sites (N-methyl/N-ethyl adjacent to an activating group) is 1. The molecular formula is C35H44N8O2. The summed E-state index contributed by atoms with van der Waals surface area (Å²) in [6.07, 6.45) is 7.16. The molecule has 1 fully saturated rings. The van der Waals surface area contributed by atoms with Crippen molar-refractivity contribution in [1.29, 1.82) is 0 Å². The average Bonchev–Trinajstić information content (AvgIpc) is 3.62. The van der Waals surface area contributed by atoms with Crippen molar-refractivity contribution >= 4 is 28.9 Å². The summed E-state index contributed by atoms with van der Waals surface area (Å²) < 4.78 is 7.59. The molecule has 10 heteroatoms. The van der Waals surface area contributed by atoms with E-state index in [2.05, 4.69) is 83.7 Å². The van der Waals surface area contributed by atoms with E-state index in [-0.39, 0.29) is 5.91 Å². The monoisotopic (exact) mass is 608 g/mol.